The fourth-order valence-corrected chi connectivity index (χ4v) is 7.29. The molecule has 0 amide bonds. The first-order valence-corrected chi connectivity index (χ1v) is 9.42. The molecule has 126 valence electrons. The Morgan fingerprint density at radius 1 is 0.682 bits per heavy atom. The van der Waals surface area contributed by atoms with E-state index in [0.717, 1.165) is 38.0 Å². The van der Waals surface area contributed by atoms with Gasteiger partial charge in [0.15, 0.2) is 0 Å². The smallest absolute Gasteiger partial charge is 0.0832 e. The van der Waals surface area contributed by atoms with Crippen molar-refractivity contribution in [2.75, 3.05) is 0 Å². The summed E-state index contributed by atoms with van der Waals surface area (Å²) in [6, 6.07) is 0. The second-order valence-corrected chi connectivity index (χ2v) is 9.30. The van der Waals surface area contributed by atoms with E-state index in [9.17, 15) is 15.3 Å². The summed E-state index contributed by atoms with van der Waals surface area (Å²) in [7, 11) is 0. The highest BCUT2D eigenvalue weighted by atomic mass is 16.3. The summed E-state index contributed by atoms with van der Waals surface area (Å²) in [6.07, 6.45) is 7.40. The molecule has 3 nitrogen and oxygen atoms in total. The van der Waals surface area contributed by atoms with Gasteiger partial charge in [-0.15, -0.1) is 0 Å². The van der Waals surface area contributed by atoms with Gasteiger partial charge in [-0.1, -0.05) is 13.8 Å². The molecule has 3 heteroatoms. The third-order valence-corrected chi connectivity index (χ3v) is 8.68. The molecule has 0 saturated heterocycles. The van der Waals surface area contributed by atoms with Crippen LogP contribution in [0.3, 0.4) is 0 Å². The summed E-state index contributed by atoms with van der Waals surface area (Å²) in [6.45, 7) is 4.71. The van der Waals surface area contributed by atoms with Gasteiger partial charge in [-0.25, -0.2) is 0 Å². The third-order valence-electron chi connectivity index (χ3n) is 8.68. The molecule has 0 aromatic heterocycles. The van der Waals surface area contributed by atoms with E-state index in [0.29, 0.717) is 11.8 Å². The summed E-state index contributed by atoms with van der Waals surface area (Å²) < 4.78 is 0. The molecule has 0 unspecified atom stereocenters. The zero-order valence-electron chi connectivity index (χ0n) is 14.0. The SMILES string of the molecule is C[C@]12CC[C@@H](O)[C@H](O)[C@H]1CC[C@@H]1[C@@H]2CC[C@]2(C)[C@@H](O)CC[C@@H]12. The Morgan fingerprint density at radius 3 is 2.09 bits per heavy atom. The van der Waals surface area contributed by atoms with Gasteiger partial charge in [-0.05, 0) is 85.9 Å². The van der Waals surface area contributed by atoms with Gasteiger partial charge in [0, 0.05) is 0 Å². The molecule has 0 heterocycles. The maximum atomic E-state index is 10.5. The van der Waals surface area contributed by atoms with Crippen LogP contribution >= 0.6 is 0 Å². The average molecular weight is 308 g/mol. The monoisotopic (exact) mass is 308 g/mol. The molecule has 0 aromatic carbocycles. The van der Waals surface area contributed by atoms with Crippen LogP contribution in [-0.2, 0) is 0 Å². The molecule has 0 aliphatic heterocycles. The first-order chi connectivity index (χ1) is 10.4. The molecule has 4 fully saturated rings. The summed E-state index contributed by atoms with van der Waals surface area (Å²) in [5.41, 5.74) is 0.327. The lowest BCUT2D eigenvalue weighted by Gasteiger charge is -2.61. The molecular weight excluding hydrogens is 276 g/mol. The van der Waals surface area contributed by atoms with Crippen LogP contribution in [0.4, 0.5) is 0 Å². The maximum absolute atomic E-state index is 10.5. The molecule has 9 atom stereocenters. The molecule has 0 aromatic rings. The van der Waals surface area contributed by atoms with E-state index in [4.69, 9.17) is 0 Å². The second-order valence-electron chi connectivity index (χ2n) is 9.30. The van der Waals surface area contributed by atoms with Crippen molar-refractivity contribution < 1.29 is 15.3 Å². The topological polar surface area (TPSA) is 60.7 Å². The highest BCUT2D eigenvalue weighted by molar-refractivity contribution is 5.10. The zero-order valence-corrected chi connectivity index (χ0v) is 14.0. The van der Waals surface area contributed by atoms with Gasteiger partial charge in [0.1, 0.15) is 0 Å². The fraction of sp³-hybridized carbons (Fsp3) is 1.00. The van der Waals surface area contributed by atoms with Crippen LogP contribution in [0.25, 0.3) is 0 Å². The Labute approximate surface area is 134 Å². The standard InChI is InChI=1S/C19H32O3/c1-18-10-8-15(20)17(22)14(18)4-3-11-12-5-6-16(21)19(12,2)9-7-13(11)18/h11-17,20-22H,3-10H2,1-2H3/t11-,12-,13-,14+,15+,16-,17+,18+,19-/m0/s1. The lowest BCUT2D eigenvalue weighted by Crippen LogP contribution is -2.58. The highest BCUT2D eigenvalue weighted by Crippen LogP contribution is 2.66. The predicted octanol–water partition coefficient (Wildman–Crippen LogP) is 2.72. The molecule has 3 N–H and O–H groups in total. The van der Waals surface area contributed by atoms with Crippen LogP contribution in [0.1, 0.15) is 65.2 Å². The number of fused-ring (bicyclic) bond motifs is 5. The normalized spacial score (nSPS) is 61.2. The Hall–Kier alpha value is -0.120. The van der Waals surface area contributed by atoms with Crippen molar-refractivity contribution in [1.82, 2.24) is 0 Å². The molecule has 0 spiro atoms. The molecule has 22 heavy (non-hydrogen) atoms. The van der Waals surface area contributed by atoms with Gasteiger partial charge in [0.05, 0.1) is 18.3 Å². The van der Waals surface area contributed by atoms with Crippen molar-refractivity contribution in [1.29, 1.82) is 0 Å². The Bertz CT molecular complexity index is 452. The second kappa shape index (κ2) is 4.94. The summed E-state index contributed by atoms with van der Waals surface area (Å²) in [5.74, 6) is 2.34. The van der Waals surface area contributed by atoms with Gasteiger partial charge in [-0.3, -0.25) is 0 Å². The first-order valence-electron chi connectivity index (χ1n) is 9.42. The third kappa shape index (κ3) is 1.85. The minimum Gasteiger partial charge on any atom is -0.393 e. The lowest BCUT2D eigenvalue weighted by molar-refractivity contribution is -0.176. The maximum Gasteiger partial charge on any atom is 0.0832 e. The molecule has 4 aliphatic carbocycles. The quantitative estimate of drug-likeness (QED) is 0.645. The molecular formula is C19H32O3. The van der Waals surface area contributed by atoms with Gasteiger partial charge in [0.25, 0.3) is 0 Å². The van der Waals surface area contributed by atoms with Crippen LogP contribution in [0.15, 0.2) is 0 Å². The van der Waals surface area contributed by atoms with E-state index in [1.165, 1.54) is 19.3 Å². The van der Waals surface area contributed by atoms with E-state index in [2.05, 4.69) is 13.8 Å². The molecule has 4 rings (SSSR count). The highest BCUT2D eigenvalue weighted by Gasteiger charge is 2.61. The Morgan fingerprint density at radius 2 is 1.32 bits per heavy atom. The molecule has 0 radical (unpaired) electrons. The molecule has 0 bridgehead atoms. The number of aliphatic hydroxyl groups excluding tert-OH is 3. The number of hydrogen-bond donors (Lipinski definition) is 3. The number of aliphatic hydroxyl groups is 3. The average Bonchev–Trinajstić information content (AvgIpc) is 2.79. The van der Waals surface area contributed by atoms with Crippen LogP contribution in [0, 0.1) is 34.5 Å². The predicted molar refractivity (Wildman–Crippen MR) is 85.1 cm³/mol. The van der Waals surface area contributed by atoms with E-state index in [-0.39, 0.29) is 22.9 Å². The van der Waals surface area contributed by atoms with Crippen molar-refractivity contribution in [2.24, 2.45) is 34.5 Å². The minimum atomic E-state index is -0.526. The largest absolute Gasteiger partial charge is 0.393 e. The van der Waals surface area contributed by atoms with Crippen LogP contribution in [0.2, 0.25) is 0 Å². The summed E-state index contributed by atoms with van der Waals surface area (Å²) in [4.78, 5) is 0. The number of hydrogen-bond acceptors (Lipinski definition) is 3. The van der Waals surface area contributed by atoms with Crippen molar-refractivity contribution in [3.05, 3.63) is 0 Å². The van der Waals surface area contributed by atoms with E-state index in [1.54, 1.807) is 0 Å². The van der Waals surface area contributed by atoms with E-state index in [1.807, 2.05) is 0 Å². The molecule has 4 saturated carbocycles. The van der Waals surface area contributed by atoms with Gasteiger partial charge in [-0.2, -0.15) is 0 Å². The van der Waals surface area contributed by atoms with Crippen molar-refractivity contribution in [3.8, 4) is 0 Å². The summed E-state index contributed by atoms with van der Waals surface area (Å²) in [5, 5.41) is 31.1. The van der Waals surface area contributed by atoms with E-state index >= 15 is 0 Å². The van der Waals surface area contributed by atoms with Crippen LogP contribution in [0.5, 0.6) is 0 Å². The van der Waals surface area contributed by atoms with Crippen LogP contribution in [-0.4, -0.2) is 33.6 Å². The van der Waals surface area contributed by atoms with Gasteiger partial charge in [0.2, 0.25) is 0 Å². The lowest BCUT2D eigenvalue weighted by atomic mass is 9.44. The van der Waals surface area contributed by atoms with Crippen LogP contribution < -0.4 is 0 Å². The number of rotatable bonds is 0. The fourth-order valence-electron chi connectivity index (χ4n) is 7.29. The van der Waals surface area contributed by atoms with Crippen molar-refractivity contribution in [3.63, 3.8) is 0 Å². The van der Waals surface area contributed by atoms with Crippen molar-refractivity contribution in [2.45, 2.75) is 83.5 Å². The molecule has 4 aliphatic rings. The first kappa shape index (κ1) is 15.4. The van der Waals surface area contributed by atoms with Gasteiger partial charge >= 0.3 is 0 Å². The Balaban J connectivity index is 1.64. The van der Waals surface area contributed by atoms with Crippen molar-refractivity contribution >= 4 is 0 Å². The van der Waals surface area contributed by atoms with E-state index < -0.39 is 12.2 Å². The van der Waals surface area contributed by atoms with Gasteiger partial charge < -0.3 is 15.3 Å². The summed E-state index contributed by atoms with van der Waals surface area (Å²) >= 11 is 0. The Kier molecular flexibility index (Phi) is 3.46. The minimum absolute atomic E-state index is 0.109. The zero-order chi connectivity index (χ0) is 15.7.